The van der Waals surface area contributed by atoms with Crippen LogP contribution in [0.15, 0.2) is 41.3 Å². The van der Waals surface area contributed by atoms with Gasteiger partial charge in [-0.25, -0.2) is 4.39 Å². The van der Waals surface area contributed by atoms with Crippen LogP contribution in [-0.2, 0) is 6.54 Å². The van der Waals surface area contributed by atoms with E-state index in [1.54, 1.807) is 23.3 Å². The predicted molar refractivity (Wildman–Crippen MR) is 76.2 cm³/mol. The second-order valence-electron chi connectivity index (χ2n) is 4.96. The van der Waals surface area contributed by atoms with Crippen LogP contribution in [0, 0.1) is 5.82 Å². The van der Waals surface area contributed by atoms with E-state index in [2.05, 4.69) is 4.98 Å². The predicted octanol–water partition coefficient (Wildman–Crippen LogP) is 2.02. The molecule has 0 spiro atoms. The van der Waals surface area contributed by atoms with Gasteiger partial charge < -0.3 is 14.2 Å². The van der Waals surface area contributed by atoms with Gasteiger partial charge in [0.15, 0.2) is 5.82 Å². The summed E-state index contributed by atoms with van der Waals surface area (Å²) in [5.74, 6) is -0.318. The molecule has 2 heterocycles. The number of halogens is 1. The number of amides is 1. The fourth-order valence-corrected chi connectivity index (χ4v) is 1.88. The fourth-order valence-electron chi connectivity index (χ4n) is 1.88. The molecule has 0 aliphatic heterocycles. The average molecular weight is 291 g/mol. The molecule has 0 N–H and O–H groups in total. The van der Waals surface area contributed by atoms with Crippen molar-refractivity contribution in [2.75, 3.05) is 27.2 Å². The molecule has 0 saturated carbocycles. The number of nitrogens with zero attached hydrogens (tertiary/aromatic N) is 3. The third-order valence-corrected chi connectivity index (χ3v) is 3.03. The third kappa shape index (κ3) is 4.13. The minimum absolute atomic E-state index is 0.0234. The summed E-state index contributed by atoms with van der Waals surface area (Å²) < 4.78 is 19.0. The van der Waals surface area contributed by atoms with E-state index in [0.717, 1.165) is 6.20 Å². The Morgan fingerprint density at radius 2 is 2.14 bits per heavy atom. The van der Waals surface area contributed by atoms with Crippen molar-refractivity contribution < 1.29 is 13.6 Å². The second kappa shape index (κ2) is 6.99. The molecule has 0 bridgehead atoms. The Morgan fingerprint density at radius 1 is 1.33 bits per heavy atom. The number of carbonyl (C=O) groups is 1. The quantitative estimate of drug-likeness (QED) is 0.817. The lowest BCUT2D eigenvalue weighted by molar-refractivity contribution is 0.0715. The van der Waals surface area contributed by atoms with Gasteiger partial charge in [0, 0.05) is 19.3 Å². The Kier molecular flexibility index (Phi) is 5.05. The van der Waals surface area contributed by atoms with Gasteiger partial charge in [0.1, 0.15) is 5.76 Å². The smallest absolute Gasteiger partial charge is 0.257 e. The normalized spacial score (nSPS) is 10.9. The summed E-state index contributed by atoms with van der Waals surface area (Å²) >= 11 is 0. The SMILES string of the molecule is CN(C)CCN(Cc1ccco1)C(=O)c1ccncc1F. The highest BCUT2D eigenvalue weighted by molar-refractivity contribution is 5.94. The van der Waals surface area contributed by atoms with E-state index in [1.165, 1.54) is 12.3 Å². The van der Waals surface area contributed by atoms with Crippen LogP contribution in [0.2, 0.25) is 0 Å². The van der Waals surface area contributed by atoms with Crippen molar-refractivity contribution in [2.24, 2.45) is 0 Å². The molecular formula is C15H18FN3O2. The Bertz CT molecular complexity index is 584. The van der Waals surface area contributed by atoms with Crippen molar-refractivity contribution in [3.05, 3.63) is 54.0 Å². The summed E-state index contributed by atoms with van der Waals surface area (Å²) in [5.41, 5.74) is 0.0234. The highest BCUT2D eigenvalue weighted by atomic mass is 19.1. The second-order valence-corrected chi connectivity index (χ2v) is 4.96. The number of carbonyl (C=O) groups excluding carboxylic acids is 1. The van der Waals surface area contributed by atoms with Crippen LogP contribution in [0.5, 0.6) is 0 Å². The third-order valence-electron chi connectivity index (χ3n) is 3.03. The first-order chi connectivity index (χ1) is 10.1. The zero-order valence-electron chi connectivity index (χ0n) is 12.1. The van der Waals surface area contributed by atoms with Gasteiger partial charge in [-0.2, -0.15) is 0 Å². The first kappa shape index (κ1) is 15.2. The Morgan fingerprint density at radius 3 is 2.76 bits per heavy atom. The van der Waals surface area contributed by atoms with Gasteiger partial charge in [0.05, 0.1) is 24.6 Å². The van der Waals surface area contributed by atoms with Crippen LogP contribution in [0.1, 0.15) is 16.1 Å². The van der Waals surface area contributed by atoms with Crippen molar-refractivity contribution in [3.8, 4) is 0 Å². The minimum atomic E-state index is -0.614. The zero-order chi connectivity index (χ0) is 15.2. The molecule has 0 aliphatic carbocycles. The lowest BCUT2D eigenvalue weighted by Crippen LogP contribution is -2.36. The van der Waals surface area contributed by atoms with E-state index in [0.29, 0.717) is 25.4 Å². The van der Waals surface area contributed by atoms with Gasteiger partial charge in [-0.1, -0.05) is 0 Å². The maximum absolute atomic E-state index is 13.7. The van der Waals surface area contributed by atoms with Crippen LogP contribution < -0.4 is 0 Å². The van der Waals surface area contributed by atoms with Gasteiger partial charge in [-0.3, -0.25) is 9.78 Å². The molecule has 0 aromatic carbocycles. The van der Waals surface area contributed by atoms with Gasteiger partial charge >= 0.3 is 0 Å². The van der Waals surface area contributed by atoms with E-state index in [1.807, 2.05) is 19.0 Å². The van der Waals surface area contributed by atoms with Crippen LogP contribution in [-0.4, -0.2) is 47.9 Å². The summed E-state index contributed by atoms with van der Waals surface area (Å²) in [6, 6.07) is 4.94. The Balaban J connectivity index is 2.17. The van der Waals surface area contributed by atoms with E-state index in [9.17, 15) is 9.18 Å². The molecule has 0 radical (unpaired) electrons. The minimum Gasteiger partial charge on any atom is -0.467 e. The van der Waals surface area contributed by atoms with Crippen molar-refractivity contribution >= 4 is 5.91 Å². The highest BCUT2D eigenvalue weighted by Crippen LogP contribution is 2.12. The fraction of sp³-hybridized carbons (Fsp3) is 0.333. The maximum Gasteiger partial charge on any atom is 0.257 e. The number of furan rings is 1. The number of hydrogen-bond acceptors (Lipinski definition) is 4. The lowest BCUT2D eigenvalue weighted by atomic mass is 10.2. The Labute approximate surface area is 123 Å². The summed E-state index contributed by atoms with van der Waals surface area (Å²) in [6.45, 7) is 1.47. The van der Waals surface area contributed by atoms with E-state index >= 15 is 0 Å². The van der Waals surface area contributed by atoms with Crippen LogP contribution >= 0.6 is 0 Å². The summed E-state index contributed by atoms with van der Waals surface area (Å²) in [5, 5.41) is 0. The number of likely N-dealkylation sites (N-methyl/N-ethyl adjacent to an activating group) is 1. The van der Waals surface area contributed by atoms with Gasteiger partial charge in [-0.05, 0) is 32.3 Å². The summed E-state index contributed by atoms with van der Waals surface area (Å²) in [6.07, 6.45) is 4.01. The molecule has 0 atom stereocenters. The standard InChI is InChI=1S/C15H18FN3O2/c1-18(2)7-8-19(11-12-4-3-9-21-12)15(20)13-5-6-17-10-14(13)16/h3-6,9-10H,7-8,11H2,1-2H3. The van der Waals surface area contributed by atoms with Crippen LogP contribution in [0.25, 0.3) is 0 Å². The number of aromatic nitrogens is 1. The molecule has 2 rings (SSSR count). The topological polar surface area (TPSA) is 49.6 Å². The summed E-state index contributed by atoms with van der Waals surface area (Å²) in [4.78, 5) is 19.7. The van der Waals surface area contributed by atoms with Gasteiger partial charge in [-0.15, -0.1) is 0 Å². The van der Waals surface area contributed by atoms with Crippen molar-refractivity contribution in [3.63, 3.8) is 0 Å². The summed E-state index contributed by atoms with van der Waals surface area (Å²) in [7, 11) is 3.84. The highest BCUT2D eigenvalue weighted by Gasteiger charge is 2.20. The van der Waals surface area contributed by atoms with E-state index < -0.39 is 5.82 Å². The number of pyridine rings is 1. The number of hydrogen-bond donors (Lipinski definition) is 0. The van der Waals surface area contributed by atoms with Gasteiger partial charge in [0.2, 0.25) is 0 Å². The van der Waals surface area contributed by atoms with Crippen molar-refractivity contribution in [1.29, 1.82) is 0 Å². The Hall–Kier alpha value is -2.21. The van der Waals surface area contributed by atoms with Gasteiger partial charge in [0.25, 0.3) is 5.91 Å². The molecule has 112 valence electrons. The van der Waals surface area contributed by atoms with Crippen LogP contribution in [0.3, 0.4) is 0 Å². The molecule has 21 heavy (non-hydrogen) atoms. The molecule has 1 amide bonds. The molecule has 5 nitrogen and oxygen atoms in total. The average Bonchev–Trinajstić information content (AvgIpc) is 2.96. The monoisotopic (exact) mass is 291 g/mol. The zero-order valence-corrected chi connectivity index (χ0v) is 12.1. The molecule has 0 fully saturated rings. The van der Waals surface area contributed by atoms with E-state index in [-0.39, 0.29) is 11.5 Å². The van der Waals surface area contributed by atoms with Crippen molar-refractivity contribution in [2.45, 2.75) is 6.54 Å². The molecule has 0 saturated heterocycles. The maximum atomic E-state index is 13.7. The molecular weight excluding hydrogens is 273 g/mol. The number of rotatable bonds is 6. The lowest BCUT2D eigenvalue weighted by Gasteiger charge is -2.23. The van der Waals surface area contributed by atoms with Crippen LogP contribution in [0.4, 0.5) is 4.39 Å². The van der Waals surface area contributed by atoms with Crippen molar-refractivity contribution in [1.82, 2.24) is 14.8 Å². The molecule has 2 aromatic heterocycles. The van der Waals surface area contributed by atoms with E-state index in [4.69, 9.17) is 4.42 Å². The first-order valence-corrected chi connectivity index (χ1v) is 6.64. The molecule has 0 unspecified atom stereocenters. The molecule has 6 heteroatoms. The molecule has 2 aromatic rings. The first-order valence-electron chi connectivity index (χ1n) is 6.64. The largest absolute Gasteiger partial charge is 0.467 e. The molecule has 0 aliphatic rings.